The maximum Gasteiger partial charge on any atom is 0.234 e. The molecule has 0 radical (unpaired) electrons. The van der Waals surface area contributed by atoms with Crippen LogP contribution in [0.25, 0.3) is 0 Å². The Bertz CT molecular complexity index is 323. The van der Waals surface area contributed by atoms with E-state index in [4.69, 9.17) is 5.73 Å². The van der Waals surface area contributed by atoms with E-state index < -0.39 is 0 Å². The number of carbonyl (C=O) groups excluding carboxylic acids is 1. The number of nitrogens with two attached hydrogens (primary N) is 1. The summed E-state index contributed by atoms with van der Waals surface area (Å²) in [7, 11) is 2.26. The third kappa shape index (κ3) is 3.93. The van der Waals surface area contributed by atoms with Crippen molar-refractivity contribution in [1.82, 2.24) is 15.1 Å². The molecule has 0 saturated carbocycles. The maximum atomic E-state index is 11.4. The van der Waals surface area contributed by atoms with Gasteiger partial charge in [-0.1, -0.05) is 6.92 Å². The van der Waals surface area contributed by atoms with Crippen molar-refractivity contribution < 1.29 is 4.79 Å². The lowest BCUT2D eigenvalue weighted by Crippen LogP contribution is -2.53. The summed E-state index contributed by atoms with van der Waals surface area (Å²) < 4.78 is 0. The normalized spacial score (nSPS) is 29.9. The molecule has 0 aromatic rings. The van der Waals surface area contributed by atoms with Crippen molar-refractivity contribution in [3.8, 4) is 0 Å². The van der Waals surface area contributed by atoms with E-state index in [2.05, 4.69) is 22.2 Å². The molecule has 5 heteroatoms. The van der Waals surface area contributed by atoms with Crippen LogP contribution < -0.4 is 11.1 Å². The Balaban J connectivity index is 1.78. The van der Waals surface area contributed by atoms with Crippen molar-refractivity contribution in [3.05, 3.63) is 0 Å². The van der Waals surface area contributed by atoms with E-state index in [1.54, 1.807) is 0 Å². The van der Waals surface area contributed by atoms with E-state index in [0.29, 0.717) is 0 Å². The number of primary amides is 1. The predicted octanol–water partition coefficient (Wildman–Crippen LogP) is 0.256. The van der Waals surface area contributed by atoms with Gasteiger partial charge in [-0.15, -0.1) is 0 Å². The van der Waals surface area contributed by atoms with Crippen LogP contribution in [0.4, 0.5) is 0 Å². The second-order valence-electron chi connectivity index (χ2n) is 6.34. The van der Waals surface area contributed by atoms with Crippen molar-refractivity contribution in [3.63, 3.8) is 0 Å². The number of nitrogens with one attached hydrogen (secondary N) is 1. The highest BCUT2D eigenvalue weighted by Gasteiger charge is 2.34. The smallest absolute Gasteiger partial charge is 0.234 e. The van der Waals surface area contributed by atoms with Gasteiger partial charge < -0.3 is 20.9 Å². The monoisotopic (exact) mass is 282 g/mol. The largest absolute Gasteiger partial charge is 0.368 e. The highest BCUT2D eigenvalue weighted by Crippen LogP contribution is 2.29. The van der Waals surface area contributed by atoms with Crippen molar-refractivity contribution in [1.29, 1.82) is 0 Å². The highest BCUT2D eigenvalue weighted by molar-refractivity contribution is 5.79. The molecule has 3 atom stereocenters. The van der Waals surface area contributed by atoms with E-state index in [1.807, 2.05) is 6.92 Å². The lowest BCUT2D eigenvalue weighted by Gasteiger charge is -2.46. The van der Waals surface area contributed by atoms with Crippen molar-refractivity contribution in [2.75, 3.05) is 39.8 Å². The number of nitrogens with zero attached hydrogens (tertiary/aromatic N) is 2. The summed E-state index contributed by atoms with van der Waals surface area (Å²) in [4.78, 5) is 16.4. The zero-order chi connectivity index (χ0) is 14.5. The molecule has 0 aromatic carbocycles. The molecule has 2 rings (SSSR count). The van der Waals surface area contributed by atoms with E-state index in [-0.39, 0.29) is 11.9 Å². The Kier molecular flexibility index (Phi) is 5.81. The van der Waals surface area contributed by atoms with Crippen molar-refractivity contribution >= 4 is 5.91 Å². The van der Waals surface area contributed by atoms with Crippen LogP contribution in [-0.4, -0.2) is 67.6 Å². The molecule has 0 aromatic heterocycles. The van der Waals surface area contributed by atoms with Crippen LogP contribution in [0.15, 0.2) is 0 Å². The molecule has 5 nitrogen and oxygen atoms in total. The zero-order valence-electron chi connectivity index (χ0n) is 13.0. The lowest BCUT2D eigenvalue weighted by atomic mass is 9.84. The number of hydrogen-bond donors (Lipinski definition) is 2. The highest BCUT2D eigenvalue weighted by atomic mass is 16.1. The lowest BCUT2D eigenvalue weighted by molar-refractivity contribution is -0.120. The molecule has 116 valence electrons. The van der Waals surface area contributed by atoms with E-state index in [1.165, 1.54) is 32.4 Å². The second kappa shape index (κ2) is 7.38. The Hall–Kier alpha value is -0.650. The minimum Gasteiger partial charge on any atom is -0.368 e. The quantitative estimate of drug-likeness (QED) is 0.733. The van der Waals surface area contributed by atoms with Crippen LogP contribution in [0.5, 0.6) is 0 Å². The van der Waals surface area contributed by atoms with Crippen molar-refractivity contribution in [2.45, 2.75) is 44.7 Å². The zero-order valence-corrected chi connectivity index (χ0v) is 13.0. The van der Waals surface area contributed by atoms with Crippen LogP contribution in [0.2, 0.25) is 0 Å². The Morgan fingerprint density at radius 1 is 1.40 bits per heavy atom. The summed E-state index contributed by atoms with van der Waals surface area (Å²) in [6.07, 6.45) is 4.78. The number of fused-ring (bicyclic) bond motifs is 1. The van der Waals surface area contributed by atoms with Gasteiger partial charge in [-0.25, -0.2) is 0 Å². The SMILES string of the molecule is CCNC(CCN1CCC2C(CCCN2C)C1)C(N)=O. The van der Waals surface area contributed by atoms with Gasteiger partial charge in [-0.3, -0.25) is 4.79 Å². The van der Waals surface area contributed by atoms with Gasteiger partial charge in [-0.05, 0) is 58.3 Å². The average Bonchev–Trinajstić information content (AvgIpc) is 2.43. The number of rotatable bonds is 6. The third-order valence-corrected chi connectivity index (χ3v) is 4.96. The molecule has 3 N–H and O–H groups in total. The molecule has 20 heavy (non-hydrogen) atoms. The molecule has 0 aliphatic carbocycles. The Morgan fingerprint density at radius 3 is 2.90 bits per heavy atom. The Labute approximate surface area is 122 Å². The standard InChI is InChI=1S/C15H30N4O/c1-3-17-13(15(16)20)6-9-19-10-7-14-12(11-19)5-4-8-18(14)2/h12-14,17H,3-11H2,1-2H3,(H2,16,20). The fourth-order valence-corrected chi connectivity index (χ4v) is 3.83. The summed E-state index contributed by atoms with van der Waals surface area (Å²) in [6.45, 7) is 7.39. The number of likely N-dealkylation sites (tertiary alicyclic amines) is 2. The summed E-state index contributed by atoms with van der Waals surface area (Å²) in [5, 5.41) is 3.18. The second-order valence-corrected chi connectivity index (χ2v) is 6.34. The molecule has 2 fully saturated rings. The summed E-state index contributed by atoms with van der Waals surface area (Å²) in [5.41, 5.74) is 5.44. The molecule has 1 amide bonds. The number of hydrogen-bond acceptors (Lipinski definition) is 4. The van der Waals surface area contributed by atoms with Gasteiger partial charge in [0.25, 0.3) is 0 Å². The fraction of sp³-hybridized carbons (Fsp3) is 0.933. The third-order valence-electron chi connectivity index (χ3n) is 4.96. The number of likely N-dealkylation sites (N-methyl/N-ethyl adjacent to an activating group) is 1. The average molecular weight is 282 g/mol. The summed E-state index contributed by atoms with van der Waals surface area (Å²) >= 11 is 0. The number of amides is 1. The van der Waals surface area contributed by atoms with Crippen molar-refractivity contribution in [2.24, 2.45) is 11.7 Å². The van der Waals surface area contributed by atoms with Gasteiger partial charge in [0, 0.05) is 19.1 Å². The molecule has 0 spiro atoms. The predicted molar refractivity (Wildman–Crippen MR) is 81.5 cm³/mol. The van der Waals surface area contributed by atoms with Gasteiger partial charge in [0.1, 0.15) is 0 Å². The molecule has 2 heterocycles. The first kappa shape index (κ1) is 15.7. The van der Waals surface area contributed by atoms with Crippen LogP contribution >= 0.6 is 0 Å². The van der Waals surface area contributed by atoms with Gasteiger partial charge in [-0.2, -0.15) is 0 Å². The van der Waals surface area contributed by atoms with Crippen LogP contribution in [0, 0.1) is 5.92 Å². The van der Waals surface area contributed by atoms with Gasteiger partial charge in [0.15, 0.2) is 0 Å². The minimum atomic E-state index is -0.223. The fourth-order valence-electron chi connectivity index (χ4n) is 3.83. The maximum absolute atomic E-state index is 11.4. The first-order valence-corrected chi connectivity index (χ1v) is 8.07. The van der Waals surface area contributed by atoms with E-state index in [0.717, 1.165) is 38.0 Å². The molecule has 2 saturated heterocycles. The van der Waals surface area contributed by atoms with Gasteiger partial charge in [0.05, 0.1) is 6.04 Å². The molecular formula is C15H30N4O. The number of piperidine rings is 2. The molecule has 3 unspecified atom stereocenters. The van der Waals surface area contributed by atoms with Crippen LogP contribution in [0.3, 0.4) is 0 Å². The molecule has 2 aliphatic heterocycles. The van der Waals surface area contributed by atoms with E-state index >= 15 is 0 Å². The topological polar surface area (TPSA) is 61.6 Å². The first-order valence-electron chi connectivity index (χ1n) is 8.07. The van der Waals surface area contributed by atoms with E-state index in [9.17, 15) is 4.79 Å². The number of carbonyl (C=O) groups is 1. The van der Waals surface area contributed by atoms with Crippen LogP contribution in [-0.2, 0) is 4.79 Å². The summed E-state index contributed by atoms with van der Waals surface area (Å²) in [6, 6.07) is 0.604. The molecule has 2 aliphatic rings. The minimum absolute atomic E-state index is 0.174. The van der Waals surface area contributed by atoms with Crippen LogP contribution in [0.1, 0.15) is 32.6 Å². The molecule has 0 bridgehead atoms. The Morgan fingerprint density at radius 2 is 2.20 bits per heavy atom. The van der Waals surface area contributed by atoms with Gasteiger partial charge >= 0.3 is 0 Å². The first-order chi connectivity index (χ1) is 9.61. The van der Waals surface area contributed by atoms with Gasteiger partial charge in [0.2, 0.25) is 5.91 Å². The molecular weight excluding hydrogens is 252 g/mol. The summed E-state index contributed by atoms with van der Waals surface area (Å²) in [5.74, 6) is 0.591.